The number of carbonyl (C=O) groups excluding carboxylic acids is 2. The first kappa shape index (κ1) is 22.4. The first-order valence-corrected chi connectivity index (χ1v) is 11.7. The molecule has 8 nitrogen and oxygen atoms in total. The van der Waals surface area contributed by atoms with E-state index in [2.05, 4.69) is 22.8 Å². The van der Waals surface area contributed by atoms with Gasteiger partial charge in [0.05, 0.1) is 6.61 Å². The molecule has 2 aliphatic carbocycles. The summed E-state index contributed by atoms with van der Waals surface area (Å²) in [6.07, 6.45) is 1.93. The summed E-state index contributed by atoms with van der Waals surface area (Å²) < 4.78 is 10.8. The highest BCUT2D eigenvalue weighted by Gasteiger charge is 2.45. The summed E-state index contributed by atoms with van der Waals surface area (Å²) in [5, 5.41) is 14.9. The maximum absolute atomic E-state index is 13.0. The smallest absolute Gasteiger partial charge is 0.407 e. The summed E-state index contributed by atoms with van der Waals surface area (Å²) in [5.74, 6) is -1.40. The van der Waals surface area contributed by atoms with Gasteiger partial charge in [-0.2, -0.15) is 0 Å². The van der Waals surface area contributed by atoms with E-state index in [9.17, 15) is 19.5 Å². The lowest BCUT2D eigenvalue weighted by Gasteiger charge is -2.27. The molecule has 178 valence electrons. The molecule has 3 aliphatic rings. The van der Waals surface area contributed by atoms with Crippen molar-refractivity contribution in [2.45, 2.75) is 43.2 Å². The fourth-order valence-corrected chi connectivity index (χ4v) is 4.91. The Morgan fingerprint density at radius 1 is 1.06 bits per heavy atom. The van der Waals surface area contributed by atoms with Crippen molar-refractivity contribution in [3.63, 3.8) is 0 Å². The first-order chi connectivity index (χ1) is 16.5. The number of rotatable bonds is 8. The summed E-state index contributed by atoms with van der Waals surface area (Å²) in [5.41, 5.74) is 3.02. The van der Waals surface area contributed by atoms with E-state index in [0.717, 1.165) is 35.1 Å². The number of alkyl carbamates (subject to hydrolysis) is 1. The first-order valence-electron chi connectivity index (χ1n) is 11.7. The molecule has 0 bridgehead atoms. The molecule has 2 aromatic carbocycles. The topological polar surface area (TPSA) is 114 Å². The minimum absolute atomic E-state index is 0.0835. The molecule has 34 heavy (non-hydrogen) atoms. The van der Waals surface area contributed by atoms with Crippen LogP contribution in [0, 0.1) is 5.92 Å². The van der Waals surface area contributed by atoms with Crippen LogP contribution in [0.5, 0.6) is 0 Å². The average Bonchev–Trinajstić information content (AvgIpc) is 3.42. The molecular formula is C26H28N2O6. The van der Waals surface area contributed by atoms with Crippen LogP contribution < -0.4 is 10.6 Å². The van der Waals surface area contributed by atoms with Gasteiger partial charge in [-0.15, -0.1) is 0 Å². The maximum atomic E-state index is 13.0. The van der Waals surface area contributed by atoms with Crippen molar-refractivity contribution >= 4 is 18.0 Å². The molecule has 3 N–H and O–H groups in total. The Hall–Kier alpha value is -3.39. The molecule has 1 aliphatic heterocycles. The van der Waals surface area contributed by atoms with Crippen molar-refractivity contribution in [3.8, 4) is 11.1 Å². The minimum atomic E-state index is -1.46. The van der Waals surface area contributed by atoms with E-state index in [1.807, 2.05) is 36.4 Å². The van der Waals surface area contributed by atoms with Gasteiger partial charge < -0.3 is 25.2 Å². The quantitative estimate of drug-likeness (QED) is 0.553. The number of hydrogen-bond acceptors (Lipinski definition) is 5. The average molecular weight is 465 g/mol. The number of fused-ring (bicyclic) bond motifs is 3. The van der Waals surface area contributed by atoms with E-state index in [-0.39, 0.29) is 32.2 Å². The van der Waals surface area contributed by atoms with E-state index in [0.29, 0.717) is 12.3 Å². The standard InChI is InChI=1S/C26H28N2O6/c29-23(28-26(24(30)31)11-12-33-15-26)22(13-16-9-10-16)27-25(32)34-14-21-19-7-3-1-5-17(19)18-6-2-4-8-20(18)21/h1-8,16,21-22H,9-15H2,(H,27,32)(H,28,29)(H,30,31). The van der Waals surface area contributed by atoms with Crippen LogP contribution in [0.2, 0.25) is 0 Å². The molecule has 2 unspecified atom stereocenters. The zero-order chi connectivity index (χ0) is 23.7. The number of ether oxygens (including phenoxy) is 2. The second-order valence-corrected chi connectivity index (χ2v) is 9.38. The normalized spacial score (nSPS) is 21.9. The predicted molar refractivity (Wildman–Crippen MR) is 123 cm³/mol. The predicted octanol–water partition coefficient (Wildman–Crippen LogP) is 3.05. The van der Waals surface area contributed by atoms with E-state index < -0.39 is 29.6 Å². The molecule has 1 saturated heterocycles. The Balaban J connectivity index is 1.25. The molecule has 0 radical (unpaired) electrons. The molecule has 1 heterocycles. The third-order valence-corrected chi connectivity index (χ3v) is 7.01. The molecule has 8 heteroatoms. The SMILES string of the molecule is O=C(NC(CC1CC1)C(=O)NC1(C(=O)O)CCOC1)OCC1c2ccccc2-c2ccccc21. The van der Waals surface area contributed by atoms with Crippen molar-refractivity contribution in [3.05, 3.63) is 59.7 Å². The number of carboxylic acid groups (broad SMARTS) is 1. The van der Waals surface area contributed by atoms with Crippen LogP contribution >= 0.6 is 0 Å². The van der Waals surface area contributed by atoms with Crippen molar-refractivity contribution in [1.82, 2.24) is 10.6 Å². The van der Waals surface area contributed by atoms with E-state index in [1.54, 1.807) is 0 Å². The Bertz CT molecular complexity index is 1060. The summed E-state index contributed by atoms with van der Waals surface area (Å²) in [4.78, 5) is 37.5. The van der Waals surface area contributed by atoms with Gasteiger partial charge in [0.1, 0.15) is 12.6 Å². The van der Waals surface area contributed by atoms with Gasteiger partial charge in [-0.25, -0.2) is 9.59 Å². The van der Waals surface area contributed by atoms with Gasteiger partial charge in [0.2, 0.25) is 5.91 Å². The van der Waals surface area contributed by atoms with E-state index in [1.165, 1.54) is 0 Å². The second kappa shape index (κ2) is 9.10. The molecular weight excluding hydrogens is 436 g/mol. The minimum Gasteiger partial charge on any atom is -0.479 e. The van der Waals surface area contributed by atoms with E-state index in [4.69, 9.17) is 9.47 Å². The molecule has 5 rings (SSSR count). The van der Waals surface area contributed by atoms with Gasteiger partial charge >= 0.3 is 12.1 Å². The molecule has 1 saturated carbocycles. The highest BCUT2D eigenvalue weighted by atomic mass is 16.5. The number of carboxylic acids is 1. The lowest BCUT2D eigenvalue weighted by molar-refractivity contribution is -0.148. The zero-order valence-corrected chi connectivity index (χ0v) is 18.8. The third kappa shape index (κ3) is 4.37. The van der Waals surface area contributed by atoms with Gasteiger partial charge in [-0.05, 0) is 34.6 Å². The number of hydrogen-bond donors (Lipinski definition) is 3. The number of aliphatic carboxylic acids is 1. The fraction of sp³-hybridized carbons (Fsp3) is 0.423. The third-order valence-electron chi connectivity index (χ3n) is 7.01. The van der Waals surface area contributed by atoms with Crippen LogP contribution in [0.4, 0.5) is 4.79 Å². The number of carbonyl (C=O) groups is 3. The summed E-state index contributed by atoms with van der Waals surface area (Å²) in [6, 6.07) is 15.3. The van der Waals surface area contributed by atoms with Gasteiger partial charge in [-0.1, -0.05) is 61.4 Å². The molecule has 2 atom stereocenters. The Kier molecular flexibility index (Phi) is 6.00. The van der Waals surface area contributed by atoms with Crippen molar-refractivity contribution in [2.75, 3.05) is 19.8 Å². The summed E-state index contributed by atoms with van der Waals surface area (Å²) in [6.45, 7) is 0.319. The largest absolute Gasteiger partial charge is 0.479 e. The Morgan fingerprint density at radius 2 is 1.71 bits per heavy atom. The van der Waals surface area contributed by atoms with Crippen molar-refractivity contribution in [1.29, 1.82) is 0 Å². The lowest BCUT2D eigenvalue weighted by Crippen LogP contribution is -2.60. The summed E-state index contributed by atoms with van der Waals surface area (Å²) >= 11 is 0. The number of amides is 2. The molecule has 2 aromatic rings. The summed E-state index contributed by atoms with van der Waals surface area (Å²) in [7, 11) is 0. The molecule has 0 spiro atoms. The lowest BCUT2D eigenvalue weighted by atomic mass is 9.97. The Labute approximate surface area is 197 Å². The van der Waals surface area contributed by atoms with Crippen LogP contribution in [-0.2, 0) is 19.1 Å². The molecule has 2 amide bonds. The zero-order valence-electron chi connectivity index (χ0n) is 18.8. The van der Waals surface area contributed by atoms with Gasteiger partial charge in [0.15, 0.2) is 5.54 Å². The van der Waals surface area contributed by atoms with Gasteiger partial charge in [0.25, 0.3) is 0 Å². The molecule has 2 fully saturated rings. The van der Waals surface area contributed by atoms with E-state index >= 15 is 0 Å². The van der Waals surface area contributed by atoms with Crippen molar-refractivity contribution < 1.29 is 29.0 Å². The fourth-order valence-electron chi connectivity index (χ4n) is 4.91. The molecule has 0 aromatic heterocycles. The number of nitrogens with one attached hydrogen (secondary N) is 2. The second-order valence-electron chi connectivity index (χ2n) is 9.38. The van der Waals surface area contributed by atoms with Crippen LogP contribution in [-0.4, -0.2) is 54.5 Å². The highest BCUT2D eigenvalue weighted by Crippen LogP contribution is 2.44. The van der Waals surface area contributed by atoms with Crippen LogP contribution in [0.1, 0.15) is 42.7 Å². The van der Waals surface area contributed by atoms with Crippen LogP contribution in [0.3, 0.4) is 0 Å². The highest BCUT2D eigenvalue weighted by molar-refractivity contribution is 5.91. The van der Waals surface area contributed by atoms with Crippen LogP contribution in [0.25, 0.3) is 11.1 Å². The van der Waals surface area contributed by atoms with Gasteiger partial charge in [-0.3, -0.25) is 4.79 Å². The monoisotopic (exact) mass is 464 g/mol. The van der Waals surface area contributed by atoms with Crippen molar-refractivity contribution in [2.24, 2.45) is 5.92 Å². The number of benzene rings is 2. The Morgan fingerprint density at radius 3 is 2.26 bits per heavy atom. The maximum Gasteiger partial charge on any atom is 0.407 e. The van der Waals surface area contributed by atoms with Crippen LogP contribution in [0.15, 0.2) is 48.5 Å². The van der Waals surface area contributed by atoms with Gasteiger partial charge in [0, 0.05) is 18.9 Å².